The Kier molecular flexibility index (Phi) is 8.39. The van der Waals surface area contributed by atoms with E-state index in [0.717, 1.165) is 12.8 Å². The summed E-state index contributed by atoms with van der Waals surface area (Å²) in [6.45, 7) is 5.14. The lowest BCUT2D eigenvalue weighted by Crippen LogP contribution is -2.49. The molecular formula is C15H27N3O5. The van der Waals surface area contributed by atoms with Crippen molar-refractivity contribution in [1.29, 1.82) is 0 Å². The molecule has 132 valence electrons. The van der Waals surface area contributed by atoms with E-state index >= 15 is 0 Å². The quantitative estimate of drug-likeness (QED) is 0.494. The van der Waals surface area contributed by atoms with Crippen LogP contribution in [0, 0.1) is 0 Å². The second-order valence-electron chi connectivity index (χ2n) is 5.82. The molecule has 1 fully saturated rings. The summed E-state index contributed by atoms with van der Waals surface area (Å²) in [5.74, 6) is -0.568. The van der Waals surface area contributed by atoms with Crippen molar-refractivity contribution in [3.8, 4) is 0 Å². The molecule has 3 N–H and O–H groups in total. The molecule has 8 nitrogen and oxygen atoms in total. The molecule has 0 saturated carbocycles. The number of urea groups is 1. The number of primary amides is 1. The number of carbonyl (C=O) groups excluding carboxylic acids is 3. The third kappa shape index (κ3) is 8.39. The SMILES string of the molecule is C[C@@H]1CN(C(=O)COC(=O)CCCCCNC(N)=O)C[C@H](C)O1. The molecule has 2 atom stereocenters. The molecule has 0 aromatic rings. The minimum atomic E-state index is -0.547. The number of rotatable bonds is 8. The van der Waals surface area contributed by atoms with Crippen LogP contribution in [0.15, 0.2) is 0 Å². The molecule has 0 unspecified atom stereocenters. The number of nitrogens with zero attached hydrogens (tertiary/aromatic N) is 1. The Labute approximate surface area is 136 Å². The van der Waals surface area contributed by atoms with Crippen LogP contribution >= 0.6 is 0 Å². The van der Waals surface area contributed by atoms with E-state index in [0.29, 0.717) is 26.1 Å². The summed E-state index contributed by atoms with van der Waals surface area (Å²) in [5.41, 5.74) is 4.93. The normalized spacial score (nSPS) is 20.9. The van der Waals surface area contributed by atoms with Crippen molar-refractivity contribution < 1.29 is 23.9 Å². The number of hydrogen-bond acceptors (Lipinski definition) is 5. The molecule has 0 aromatic heterocycles. The second-order valence-corrected chi connectivity index (χ2v) is 5.82. The Balaban J connectivity index is 2.10. The first-order valence-corrected chi connectivity index (χ1v) is 8.00. The van der Waals surface area contributed by atoms with E-state index in [-0.39, 0.29) is 37.1 Å². The zero-order valence-electron chi connectivity index (χ0n) is 13.9. The van der Waals surface area contributed by atoms with E-state index in [1.54, 1.807) is 4.90 Å². The molecular weight excluding hydrogens is 302 g/mol. The smallest absolute Gasteiger partial charge is 0.312 e. The standard InChI is InChI=1S/C15H27N3O5/c1-11-8-18(9-12(2)23-11)13(19)10-22-14(20)6-4-3-5-7-17-15(16)21/h11-12H,3-10H2,1-2H3,(H3,16,17,21)/t11-,12+. The van der Waals surface area contributed by atoms with Crippen molar-refractivity contribution >= 4 is 17.9 Å². The largest absolute Gasteiger partial charge is 0.456 e. The van der Waals surface area contributed by atoms with E-state index in [9.17, 15) is 14.4 Å². The zero-order chi connectivity index (χ0) is 17.2. The van der Waals surface area contributed by atoms with Crippen molar-refractivity contribution in [2.24, 2.45) is 5.73 Å². The van der Waals surface area contributed by atoms with E-state index in [1.165, 1.54) is 0 Å². The molecule has 1 saturated heterocycles. The summed E-state index contributed by atoms with van der Waals surface area (Å²) in [4.78, 5) is 35.7. The van der Waals surface area contributed by atoms with E-state index < -0.39 is 6.03 Å². The monoisotopic (exact) mass is 329 g/mol. The van der Waals surface area contributed by atoms with Gasteiger partial charge in [0.2, 0.25) is 0 Å². The third-order valence-corrected chi connectivity index (χ3v) is 3.49. The molecule has 0 bridgehead atoms. The topological polar surface area (TPSA) is 111 Å². The molecule has 0 aliphatic carbocycles. The van der Waals surface area contributed by atoms with Crippen molar-refractivity contribution in [3.63, 3.8) is 0 Å². The molecule has 8 heteroatoms. The zero-order valence-corrected chi connectivity index (χ0v) is 13.9. The molecule has 0 spiro atoms. The van der Waals surface area contributed by atoms with Gasteiger partial charge in [0, 0.05) is 26.1 Å². The summed E-state index contributed by atoms with van der Waals surface area (Å²) in [7, 11) is 0. The van der Waals surface area contributed by atoms with E-state index in [2.05, 4.69) is 5.32 Å². The molecule has 0 radical (unpaired) electrons. The Morgan fingerprint density at radius 2 is 1.83 bits per heavy atom. The third-order valence-electron chi connectivity index (χ3n) is 3.49. The number of unbranched alkanes of at least 4 members (excludes halogenated alkanes) is 2. The van der Waals surface area contributed by atoms with E-state index in [4.69, 9.17) is 15.2 Å². The van der Waals surface area contributed by atoms with Crippen LogP contribution in [-0.2, 0) is 19.1 Å². The van der Waals surface area contributed by atoms with Crippen LogP contribution in [0.5, 0.6) is 0 Å². The summed E-state index contributed by atoms with van der Waals surface area (Å²) in [6, 6.07) is -0.547. The van der Waals surface area contributed by atoms with Crippen LogP contribution in [-0.4, -0.2) is 61.3 Å². The van der Waals surface area contributed by atoms with Gasteiger partial charge in [0.25, 0.3) is 5.91 Å². The Morgan fingerprint density at radius 1 is 1.17 bits per heavy atom. The molecule has 1 aliphatic rings. The number of nitrogens with one attached hydrogen (secondary N) is 1. The Hall–Kier alpha value is -1.83. The van der Waals surface area contributed by atoms with Gasteiger partial charge in [0.15, 0.2) is 6.61 Å². The molecule has 0 aromatic carbocycles. The maximum atomic E-state index is 12.0. The number of nitrogens with two attached hydrogens (primary N) is 1. The number of carbonyl (C=O) groups is 3. The minimum Gasteiger partial charge on any atom is -0.456 e. The summed E-state index contributed by atoms with van der Waals surface area (Å²) in [5, 5.41) is 2.48. The highest BCUT2D eigenvalue weighted by atomic mass is 16.5. The van der Waals surface area contributed by atoms with Crippen molar-refractivity contribution in [2.75, 3.05) is 26.2 Å². The fourth-order valence-corrected chi connectivity index (χ4v) is 2.47. The number of esters is 1. The van der Waals surface area contributed by atoms with Gasteiger partial charge >= 0.3 is 12.0 Å². The number of morpholine rings is 1. The molecule has 1 aliphatic heterocycles. The van der Waals surface area contributed by atoms with Crippen LogP contribution in [0.1, 0.15) is 39.5 Å². The van der Waals surface area contributed by atoms with Gasteiger partial charge in [0.1, 0.15) is 0 Å². The average molecular weight is 329 g/mol. The van der Waals surface area contributed by atoms with Crippen molar-refractivity contribution in [1.82, 2.24) is 10.2 Å². The van der Waals surface area contributed by atoms with Gasteiger partial charge in [-0.3, -0.25) is 9.59 Å². The van der Waals surface area contributed by atoms with Gasteiger partial charge in [-0.2, -0.15) is 0 Å². The highest BCUT2D eigenvalue weighted by molar-refractivity contribution is 5.80. The van der Waals surface area contributed by atoms with Gasteiger partial charge in [0.05, 0.1) is 12.2 Å². The Bertz CT molecular complexity index is 406. The van der Waals surface area contributed by atoms with Crippen LogP contribution in [0.3, 0.4) is 0 Å². The van der Waals surface area contributed by atoms with Crippen LogP contribution in [0.25, 0.3) is 0 Å². The van der Waals surface area contributed by atoms with Gasteiger partial charge in [-0.25, -0.2) is 4.79 Å². The fraction of sp³-hybridized carbons (Fsp3) is 0.800. The number of hydrogen-bond donors (Lipinski definition) is 2. The summed E-state index contributed by atoms with van der Waals surface area (Å²) < 4.78 is 10.6. The minimum absolute atomic E-state index is 0.00702. The summed E-state index contributed by atoms with van der Waals surface area (Å²) >= 11 is 0. The van der Waals surface area contributed by atoms with Gasteiger partial charge in [-0.15, -0.1) is 0 Å². The lowest BCUT2D eigenvalue weighted by Gasteiger charge is -2.35. The van der Waals surface area contributed by atoms with Gasteiger partial charge in [-0.1, -0.05) is 6.42 Å². The van der Waals surface area contributed by atoms with Crippen LogP contribution in [0.4, 0.5) is 4.79 Å². The number of amides is 3. The highest BCUT2D eigenvalue weighted by Crippen LogP contribution is 2.11. The fourth-order valence-electron chi connectivity index (χ4n) is 2.47. The maximum Gasteiger partial charge on any atom is 0.312 e. The lowest BCUT2D eigenvalue weighted by atomic mass is 10.2. The molecule has 3 amide bonds. The van der Waals surface area contributed by atoms with Crippen LogP contribution < -0.4 is 11.1 Å². The van der Waals surface area contributed by atoms with Gasteiger partial charge in [-0.05, 0) is 26.7 Å². The van der Waals surface area contributed by atoms with E-state index in [1.807, 2.05) is 13.8 Å². The van der Waals surface area contributed by atoms with Gasteiger partial charge < -0.3 is 25.4 Å². The lowest BCUT2D eigenvalue weighted by molar-refractivity contribution is -0.157. The van der Waals surface area contributed by atoms with Crippen molar-refractivity contribution in [3.05, 3.63) is 0 Å². The highest BCUT2D eigenvalue weighted by Gasteiger charge is 2.26. The predicted molar refractivity (Wildman–Crippen MR) is 83.6 cm³/mol. The maximum absolute atomic E-state index is 12.0. The first kappa shape index (κ1) is 19.2. The molecule has 1 heterocycles. The first-order chi connectivity index (χ1) is 10.9. The number of ether oxygens (including phenoxy) is 2. The average Bonchev–Trinajstić information content (AvgIpc) is 2.47. The van der Waals surface area contributed by atoms with Crippen molar-refractivity contribution in [2.45, 2.75) is 51.7 Å². The van der Waals surface area contributed by atoms with Crippen LogP contribution in [0.2, 0.25) is 0 Å². The molecule has 1 rings (SSSR count). The second kappa shape index (κ2) is 10.0. The summed E-state index contributed by atoms with van der Waals surface area (Å²) in [6.07, 6.45) is 2.43. The Morgan fingerprint density at radius 3 is 2.43 bits per heavy atom. The predicted octanol–water partition coefficient (Wildman–Crippen LogP) is 0.394. The molecule has 23 heavy (non-hydrogen) atoms. The first-order valence-electron chi connectivity index (χ1n) is 8.00.